The molecule has 1 N–H and O–H groups in total. The van der Waals surface area contributed by atoms with Crippen LogP contribution in [0.4, 0.5) is 8.78 Å². The Kier molecular flexibility index (Phi) is 6.59. The van der Waals surface area contributed by atoms with Gasteiger partial charge < -0.3 is 5.32 Å². The SMILES string of the molecule is Cc1ccccc1CCNC(=O)CSCc1ccc(F)c(F)c1. The Morgan fingerprint density at radius 3 is 2.65 bits per heavy atom. The number of carbonyl (C=O) groups excluding carboxylic acids is 1. The van der Waals surface area contributed by atoms with Crippen LogP contribution in [-0.2, 0) is 17.0 Å². The van der Waals surface area contributed by atoms with Crippen LogP contribution in [0.15, 0.2) is 42.5 Å². The highest BCUT2D eigenvalue weighted by atomic mass is 32.2. The van der Waals surface area contributed by atoms with Gasteiger partial charge in [0, 0.05) is 12.3 Å². The summed E-state index contributed by atoms with van der Waals surface area (Å²) < 4.78 is 25.9. The van der Waals surface area contributed by atoms with Gasteiger partial charge in [0.25, 0.3) is 0 Å². The standard InChI is InChI=1S/C18H19F2NOS/c1-13-4-2-3-5-15(13)8-9-21-18(22)12-23-11-14-6-7-16(19)17(20)10-14/h2-7,10H,8-9,11-12H2,1H3,(H,21,22). The summed E-state index contributed by atoms with van der Waals surface area (Å²) in [7, 11) is 0. The third-order valence-electron chi connectivity index (χ3n) is 3.46. The molecule has 0 radical (unpaired) electrons. The lowest BCUT2D eigenvalue weighted by Crippen LogP contribution is -2.27. The molecule has 1 amide bonds. The molecule has 0 saturated carbocycles. The summed E-state index contributed by atoms with van der Waals surface area (Å²) in [4.78, 5) is 11.8. The number of aryl methyl sites for hydroxylation is 1. The lowest BCUT2D eigenvalue weighted by atomic mass is 10.1. The highest BCUT2D eigenvalue weighted by Gasteiger charge is 2.05. The molecule has 2 aromatic carbocycles. The maximum absolute atomic E-state index is 13.1. The zero-order chi connectivity index (χ0) is 16.7. The van der Waals surface area contributed by atoms with E-state index in [0.717, 1.165) is 12.5 Å². The lowest BCUT2D eigenvalue weighted by Gasteiger charge is -2.07. The van der Waals surface area contributed by atoms with E-state index in [4.69, 9.17) is 0 Å². The maximum Gasteiger partial charge on any atom is 0.230 e. The van der Waals surface area contributed by atoms with Gasteiger partial charge in [-0.05, 0) is 42.2 Å². The van der Waals surface area contributed by atoms with Crippen LogP contribution in [0.2, 0.25) is 0 Å². The largest absolute Gasteiger partial charge is 0.355 e. The predicted octanol–water partition coefficient (Wildman–Crippen LogP) is 3.87. The molecule has 0 aliphatic rings. The van der Waals surface area contributed by atoms with Gasteiger partial charge in [0.05, 0.1) is 5.75 Å². The molecule has 2 rings (SSSR count). The molecule has 0 fully saturated rings. The molecule has 23 heavy (non-hydrogen) atoms. The Bertz CT molecular complexity index is 676. The maximum atomic E-state index is 13.1. The Labute approximate surface area is 139 Å². The summed E-state index contributed by atoms with van der Waals surface area (Å²) in [6.45, 7) is 2.64. The first-order chi connectivity index (χ1) is 11.1. The van der Waals surface area contributed by atoms with Crippen LogP contribution in [-0.4, -0.2) is 18.2 Å². The number of thioether (sulfide) groups is 1. The van der Waals surface area contributed by atoms with Gasteiger partial charge in [-0.2, -0.15) is 0 Å². The van der Waals surface area contributed by atoms with Gasteiger partial charge in [-0.15, -0.1) is 11.8 Å². The molecule has 2 nitrogen and oxygen atoms in total. The zero-order valence-corrected chi connectivity index (χ0v) is 13.8. The van der Waals surface area contributed by atoms with Crippen LogP contribution in [0.1, 0.15) is 16.7 Å². The van der Waals surface area contributed by atoms with E-state index in [1.807, 2.05) is 12.1 Å². The van der Waals surface area contributed by atoms with Crippen molar-refractivity contribution in [3.63, 3.8) is 0 Å². The molecule has 0 atom stereocenters. The average Bonchev–Trinajstić information content (AvgIpc) is 2.53. The number of benzene rings is 2. The van der Waals surface area contributed by atoms with E-state index in [1.54, 1.807) is 0 Å². The minimum Gasteiger partial charge on any atom is -0.355 e. The van der Waals surface area contributed by atoms with E-state index in [1.165, 1.54) is 35.0 Å². The first-order valence-corrected chi connectivity index (χ1v) is 8.54. The topological polar surface area (TPSA) is 29.1 Å². The second-order valence-electron chi connectivity index (χ2n) is 5.27. The molecule has 0 unspecified atom stereocenters. The molecule has 2 aromatic rings. The number of hydrogen-bond acceptors (Lipinski definition) is 2. The molecule has 122 valence electrons. The van der Waals surface area contributed by atoms with E-state index < -0.39 is 11.6 Å². The van der Waals surface area contributed by atoms with Crippen LogP contribution in [0.5, 0.6) is 0 Å². The van der Waals surface area contributed by atoms with E-state index in [0.29, 0.717) is 23.6 Å². The van der Waals surface area contributed by atoms with Crippen molar-refractivity contribution in [2.75, 3.05) is 12.3 Å². The van der Waals surface area contributed by atoms with Crippen LogP contribution < -0.4 is 5.32 Å². The van der Waals surface area contributed by atoms with Gasteiger partial charge in [-0.3, -0.25) is 4.79 Å². The Hall–Kier alpha value is -1.88. The van der Waals surface area contributed by atoms with Crippen molar-refractivity contribution in [1.29, 1.82) is 0 Å². The van der Waals surface area contributed by atoms with Crippen molar-refractivity contribution in [2.24, 2.45) is 0 Å². The van der Waals surface area contributed by atoms with Gasteiger partial charge in [0.2, 0.25) is 5.91 Å². The summed E-state index contributed by atoms with van der Waals surface area (Å²) in [5, 5.41) is 2.87. The van der Waals surface area contributed by atoms with Crippen LogP contribution in [0.25, 0.3) is 0 Å². The Morgan fingerprint density at radius 2 is 1.91 bits per heavy atom. The highest BCUT2D eigenvalue weighted by Crippen LogP contribution is 2.15. The summed E-state index contributed by atoms with van der Waals surface area (Å²) in [6.07, 6.45) is 0.798. The van der Waals surface area contributed by atoms with Crippen molar-refractivity contribution in [2.45, 2.75) is 19.1 Å². The average molecular weight is 335 g/mol. The number of amides is 1. The Morgan fingerprint density at radius 1 is 1.13 bits per heavy atom. The van der Waals surface area contributed by atoms with Crippen LogP contribution >= 0.6 is 11.8 Å². The fourth-order valence-electron chi connectivity index (χ4n) is 2.17. The van der Waals surface area contributed by atoms with E-state index in [2.05, 4.69) is 24.4 Å². The van der Waals surface area contributed by atoms with Crippen molar-refractivity contribution in [3.8, 4) is 0 Å². The summed E-state index contributed by atoms with van der Waals surface area (Å²) >= 11 is 1.38. The first kappa shape index (κ1) is 17.5. The van der Waals surface area contributed by atoms with Gasteiger partial charge in [-0.25, -0.2) is 8.78 Å². The number of rotatable bonds is 7. The van der Waals surface area contributed by atoms with Crippen molar-refractivity contribution in [1.82, 2.24) is 5.32 Å². The third kappa shape index (κ3) is 5.67. The van der Waals surface area contributed by atoms with Gasteiger partial charge >= 0.3 is 0 Å². The molecule has 0 spiro atoms. The second kappa shape index (κ2) is 8.67. The third-order valence-corrected chi connectivity index (χ3v) is 4.47. The van der Waals surface area contributed by atoms with Crippen molar-refractivity contribution in [3.05, 3.63) is 70.8 Å². The van der Waals surface area contributed by atoms with Crippen molar-refractivity contribution >= 4 is 17.7 Å². The van der Waals surface area contributed by atoms with E-state index in [9.17, 15) is 13.6 Å². The van der Waals surface area contributed by atoms with Crippen LogP contribution in [0, 0.1) is 18.6 Å². The summed E-state index contributed by atoms with van der Waals surface area (Å²) in [5.74, 6) is -0.987. The van der Waals surface area contributed by atoms with E-state index in [-0.39, 0.29) is 5.91 Å². The fraction of sp³-hybridized carbons (Fsp3) is 0.278. The smallest absolute Gasteiger partial charge is 0.230 e. The highest BCUT2D eigenvalue weighted by molar-refractivity contribution is 7.99. The normalized spacial score (nSPS) is 10.6. The van der Waals surface area contributed by atoms with E-state index >= 15 is 0 Å². The minimum absolute atomic E-state index is 0.0498. The quantitative estimate of drug-likeness (QED) is 0.832. The molecule has 0 bridgehead atoms. The summed E-state index contributed by atoms with van der Waals surface area (Å²) in [5.41, 5.74) is 3.11. The molecular formula is C18H19F2NOS. The Balaban J connectivity index is 1.67. The molecule has 0 aromatic heterocycles. The fourth-order valence-corrected chi connectivity index (χ4v) is 2.97. The molecule has 0 heterocycles. The molecule has 5 heteroatoms. The van der Waals surface area contributed by atoms with Crippen LogP contribution in [0.3, 0.4) is 0 Å². The molecule has 0 aliphatic heterocycles. The number of carbonyl (C=O) groups is 1. The van der Waals surface area contributed by atoms with Gasteiger partial charge in [-0.1, -0.05) is 30.3 Å². The monoisotopic (exact) mass is 335 g/mol. The second-order valence-corrected chi connectivity index (χ2v) is 6.25. The molecule has 0 aliphatic carbocycles. The van der Waals surface area contributed by atoms with Gasteiger partial charge in [0.1, 0.15) is 0 Å². The lowest BCUT2D eigenvalue weighted by molar-refractivity contribution is -0.118. The van der Waals surface area contributed by atoms with Crippen molar-refractivity contribution < 1.29 is 13.6 Å². The first-order valence-electron chi connectivity index (χ1n) is 7.39. The molecule has 0 saturated heterocycles. The summed E-state index contributed by atoms with van der Waals surface area (Å²) in [6, 6.07) is 11.9. The number of hydrogen-bond donors (Lipinski definition) is 1. The predicted molar refractivity (Wildman–Crippen MR) is 90.4 cm³/mol. The zero-order valence-electron chi connectivity index (χ0n) is 12.9. The van der Waals surface area contributed by atoms with Gasteiger partial charge in [0.15, 0.2) is 11.6 Å². The number of halogens is 2. The molecular weight excluding hydrogens is 316 g/mol. The number of nitrogens with one attached hydrogen (secondary N) is 1. The minimum atomic E-state index is -0.856.